The van der Waals surface area contributed by atoms with Crippen LogP contribution < -0.4 is 4.74 Å². The van der Waals surface area contributed by atoms with Crippen LogP contribution in [0, 0.1) is 5.41 Å². The lowest BCUT2D eigenvalue weighted by Gasteiger charge is -2.24. The maximum atomic E-state index is 12.4. The van der Waals surface area contributed by atoms with E-state index in [-0.39, 0.29) is 13.2 Å². The highest BCUT2D eigenvalue weighted by Gasteiger charge is 2.46. The molecule has 1 rings (SSSR count). The lowest BCUT2D eigenvalue weighted by atomic mass is 9.87. The van der Waals surface area contributed by atoms with Gasteiger partial charge in [-0.3, -0.25) is 14.4 Å². The van der Waals surface area contributed by atoms with Gasteiger partial charge in [-0.1, -0.05) is 19.9 Å². The highest BCUT2D eigenvalue weighted by atomic mass is 16.6. The van der Waals surface area contributed by atoms with Crippen molar-refractivity contribution in [3.63, 3.8) is 0 Å². The maximum absolute atomic E-state index is 12.4. The Kier molecular flexibility index (Phi) is 8.29. The number of aryl methyl sites for hydroxylation is 2. The molecule has 6 heteroatoms. The maximum Gasteiger partial charge on any atom is 0.323 e. The van der Waals surface area contributed by atoms with E-state index in [2.05, 4.69) is 6.92 Å². The van der Waals surface area contributed by atoms with Gasteiger partial charge >= 0.3 is 17.9 Å². The summed E-state index contributed by atoms with van der Waals surface area (Å²) in [6, 6.07) is 5.43. The number of hydrogen-bond acceptors (Lipinski definition) is 6. The average Bonchev–Trinajstić information content (AvgIpc) is 2.61. The van der Waals surface area contributed by atoms with Gasteiger partial charge in [-0.15, -0.1) is 0 Å². The van der Waals surface area contributed by atoms with Gasteiger partial charge in [0.15, 0.2) is 5.41 Å². The predicted molar refractivity (Wildman–Crippen MR) is 96.8 cm³/mol. The van der Waals surface area contributed by atoms with E-state index in [1.807, 2.05) is 19.1 Å². The lowest BCUT2D eigenvalue weighted by molar-refractivity contribution is -0.174. The van der Waals surface area contributed by atoms with Crippen LogP contribution in [0.3, 0.4) is 0 Å². The Morgan fingerprint density at radius 3 is 1.88 bits per heavy atom. The number of rotatable bonds is 9. The highest BCUT2D eigenvalue weighted by molar-refractivity contribution is 6.02. The molecule has 144 valence electrons. The Hall–Kier alpha value is -2.37. The van der Waals surface area contributed by atoms with Crippen molar-refractivity contribution in [3.05, 3.63) is 29.3 Å². The van der Waals surface area contributed by atoms with Gasteiger partial charge < -0.3 is 14.2 Å². The van der Waals surface area contributed by atoms with Gasteiger partial charge in [0.1, 0.15) is 5.75 Å². The van der Waals surface area contributed by atoms with E-state index in [4.69, 9.17) is 14.2 Å². The van der Waals surface area contributed by atoms with Gasteiger partial charge in [0.2, 0.25) is 0 Å². The summed E-state index contributed by atoms with van der Waals surface area (Å²) in [6.07, 6.45) is 1.25. The molecule has 26 heavy (non-hydrogen) atoms. The first-order valence-electron chi connectivity index (χ1n) is 8.99. The van der Waals surface area contributed by atoms with E-state index in [9.17, 15) is 14.4 Å². The van der Waals surface area contributed by atoms with Crippen molar-refractivity contribution in [3.8, 4) is 5.75 Å². The van der Waals surface area contributed by atoms with E-state index >= 15 is 0 Å². The van der Waals surface area contributed by atoms with E-state index in [1.54, 1.807) is 19.9 Å². The van der Waals surface area contributed by atoms with Crippen molar-refractivity contribution in [1.82, 2.24) is 0 Å². The molecule has 0 aliphatic rings. The average molecular weight is 364 g/mol. The Bertz CT molecular complexity index is 632. The minimum atomic E-state index is -1.74. The Labute approximate surface area is 154 Å². The zero-order valence-electron chi connectivity index (χ0n) is 16.2. The molecule has 0 fully saturated rings. The highest BCUT2D eigenvalue weighted by Crippen LogP contribution is 2.27. The largest absolute Gasteiger partial charge is 0.465 e. The second-order valence-electron chi connectivity index (χ2n) is 6.06. The summed E-state index contributed by atoms with van der Waals surface area (Å²) in [5, 5.41) is 0. The summed E-state index contributed by atoms with van der Waals surface area (Å²) >= 11 is 0. The molecule has 0 atom stereocenters. The normalized spacial score (nSPS) is 11.0. The van der Waals surface area contributed by atoms with Crippen LogP contribution in [0.2, 0.25) is 0 Å². The van der Waals surface area contributed by atoms with Gasteiger partial charge in [0.25, 0.3) is 0 Å². The van der Waals surface area contributed by atoms with Crippen LogP contribution >= 0.6 is 0 Å². The summed E-state index contributed by atoms with van der Waals surface area (Å²) in [7, 11) is 0. The van der Waals surface area contributed by atoms with E-state index in [1.165, 1.54) is 12.5 Å². The molecule has 1 aromatic carbocycles. The Morgan fingerprint density at radius 2 is 1.42 bits per heavy atom. The van der Waals surface area contributed by atoms with Crippen LogP contribution in [0.4, 0.5) is 0 Å². The Balaban J connectivity index is 2.96. The minimum Gasteiger partial charge on any atom is -0.465 e. The topological polar surface area (TPSA) is 78.9 Å². The molecule has 0 bridgehead atoms. The number of esters is 3. The van der Waals surface area contributed by atoms with E-state index in [0.29, 0.717) is 5.75 Å². The molecule has 0 spiro atoms. The third kappa shape index (κ3) is 5.31. The van der Waals surface area contributed by atoms with Crippen LogP contribution in [0.5, 0.6) is 5.75 Å². The number of benzene rings is 1. The molecule has 0 N–H and O–H groups in total. The van der Waals surface area contributed by atoms with Crippen LogP contribution in [0.1, 0.15) is 52.2 Å². The first-order valence-corrected chi connectivity index (χ1v) is 8.99. The van der Waals surface area contributed by atoms with Gasteiger partial charge in [-0.05, 0) is 56.9 Å². The molecular weight excluding hydrogens is 336 g/mol. The number of ether oxygens (including phenoxy) is 3. The molecule has 0 aliphatic carbocycles. The molecule has 0 radical (unpaired) electrons. The van der Waals surface area contributed by atoms with Crippen LogP contribution in [-0.2, 0) is 36.7 Å². The summed E-state index contributed by atoms with van der Waals surface area (Å²) < 4.78 is 15.2. The summed E-state index contributed by atoms with van der Waals surface area (Å²) in [5.41, 5.74) is 0.548. The molecule has 0 unspecified atom stereocenters. The van der Waals surface area contributed by atoms with Crippen molar-refractivity contribution in [1.29, 1.82) is 0 Å². The number of carbonyl (C=O) groups excluding carboxylic acids is 3. The molecule has 0 aromatic heterocycles. The fourth-order valence-corrected chi connectivity index (χ4v) is 2.60. The SMILES string of the molecule is CCOC(=O)C(C)(CC(=O)Oc1ccc(CC)c(CC)c1)C(=O)OCC. The smallest absolute Gasteiger partial charge is 0.323 e. The quantitative estimate of drug-likeness (QED) is 0.380. The van der Waals surface area contributed by atoms with Crippen molar-refractivity contribution in [2.75, 3.05) is 13.2 Å². The van der Waals surface area contributed by atoms with Gasteiger partial charge in [0, 0.05) is 0 Å². The van der Waals surface area contributed by atoms with Gasteiger partial charge in [0.05, 0.1) is 19.6 Å². The van der Waals surface area contributed by atoms with Gasteiger partial charge in [-0.2, -0.15) is 0 Å². The van der Waals surface area contributed by atoms with Crippen LogP contribution in [-0.4, -0.2) is 31.1 Å². The molecular formula is C20H28O6. The summed E-state index contributed by atoms with van der Waals surface area (Å²) in [5.74, 6) is -1.91. The second-order valence-corrected chi connectivity index (χ2v) is 6.06. The van der Waals surface area contributed by atoms with Crippen molar-refractivity contribution < 1.29 is 28.6 Å². The number of hydrogen-bond donors (Lipinski definition) is 0. The van der Waals surface area contributed by atoms with E-state index in [0.717, 1.165) is 18.4 Å². The molecule has 1 aromatic rings. The fraction of sp³-hybridized carbons (Fsp3) is 0.550. The van der Waals surface area contributed by atoms with E-state index < -0.39 is 29.7 Å². The zero-order chi connectivity index (χ0) is 19.7. The molecule has 0 saturated heterocycles. The van der Waals surface area contributed by atoms with Crippen LogP contribution in [0.25, 0.3) is 0 Å². The first kappa shape index (κ1) is 21.7. The second kappa shape index (κ2) is 9.94. The molecule has 0 heterocycles. The molecule has 6 nitrogen and oxygen atoms in total. The third-order valence-electron chi connectivity index (χ3n) is 4.12. The van der Waals surface area contributed by atoms with Crippen molar-refractivity contribution in [2.24, 2.45) is 5.41 Å². The van der Waals surface area contributed by atoms with Gasteiger partial charge in [-0.25, -0.2) is 0 Å². The minimum absolute atomic E-state index is 0.0984. The standard InChI is InChI=1S/C20H28O6/c1-6-14-10-11-16(12-15(14)7-2)26-17(21)13-20(5,18(22)24-8-3)19(23)25-9-4/h10-12H,6-9,13H2,1-5H3. The zero-order valence-corrected chi connectivity index (χ0v) is 16.2. The van der Waals surface area contributed by atoms with Crippen LogP contribution in [0.15, 0.2) is 18.2 Å². The predicted octanol–water partition coefficient (Wildman–Crippen LogP) is 3.24. The molecule has 0 saturated carbocycles. The third-order valence-corrected chi connectivity index (χ3v) is 4.12. The Morgan fingerprint density at radius 1 is 0.885 bits per heavy atom. The molecule has 0 amide bonds. The number of carbonyl (C=O) groups is 3. The van der Waals surface area contributed by atoms with Crippen molar-refractivity contribution >= 4 is 17.9 Å². The summed E-state index contributed by atoms with van der Waals surface area (Å²) in [6.45, 7) is 8.88. The fourth-order valence-electron chi connectivity index (χ4n) is 2.60. The first-order chi connectivity index (χ1) is 12.3. The molecule has 0 aliphatic heterocycles. The summed E-state index contributed by atoms with van der Waals surface area (Å²) in [4.78, 5) is 36.8. The van der Waals surface area contributed by atoms with Crippen molar-refractivity contribution in [2.45, 2.75) is 53.9 Å². The monoisotopic (exact) mass is 364 g/mol. The lowest BCUT2D eigenvalue weighted by Crippen LogP contribution is -2.42.